The molecule has 0 aromatic heterocycles. The molecule has 0 saturated carbocycles. The molecule has 0 unspecified atom stereocenters. The van der Waals surface area contributed by atoms with Gasteiger partial charge in [0.2, 0.25) is 0 Å². The largest absolute Gasteiger partial charge is 0.367 e. The number of ether oxygens (including phenoxy) is 3. The quantitative estimate of drug-likeness (QED) is 0.787. The van der Waals surface area contributed by atoms with Gasteiger partial charge in [-0.2, -0.15) is 0 Å². The lowest BCUT2D eigenvalue weighted by Crippen LogP contribution is -2.16. The molecule has 0 aliphatic carbocycles. The minimum absolute atomic E-state index is 0.105. The maximum atomic E-state index is 5.91. The Bertz CT molecular complexity index is 482. The summed E-state index contributed by atoms with van der Waals surface area (Å²) >= 11 is 3.20. The van der Waals surface area contributed by atoms with Crippen LogP contribution in [0, 0.1) is 0 Å². The minimum atomic E-state index is -0.151. The molecule has 2 heterocycles. The summed E-state index contributed by atoms with van der Waals surface area (Å²) in [6.07, 6.45) is 3.86. The van der Waals surface area contributed by atoms with Crippen molar-refractivity contribution >= 4 is 15.9 Å². The third kappa shape index (κ3) is 3.40. The maximum absolute atomic E-state index is 5.91. The number of hydrogen-bond acceptors (Lipinski definition) is 3. The van der Waals surface area contributed by atoms with Crippen molar-refractivity contribution in [3.8, 4) is 0 Å². The molecule has 3 nitrogen and oxygen atoms in total. The van der Waals surface area contributed by atoms with Gasteiger partial charge in [0, 0.05) is 17.8 Å². The van der Waals surface area contributed by atoms with E-state index in [0.717, 1.165) is 18.4 Å². The summed E-state index contributed by atoms with van der Waals surface area (Å²) in [6, 6.07) is 10.1. The SMILES string of the molecule is BrC=C=C[C@@H]1C[C@H]2O[C@@H](OCc3ccccc3)C[C@H]2O1. The Morgan fingerprint density at radius 3 is 2.75 bits per heavy atom. The van der Waals surface area contributed by atoms with E-state index in [0.29, 0.717) is 6.61 Å². The van der Waals surface area contributed by atoms with Crippen molar-refractivity contribution in [1.29, 1.82) is 0 Å². The van der Waals surface area contributed by atoms with E-state index in [2.05, 4.69) is 33.8 Å². The van der Waals surface area contributed by atoms with Crippen LogP contribution in [0.3, 0.4) is 0 Å². The molecule has 3 rings (SSSR count). The molecule has 1 aromatic carbocycles. The van der Waals surface area contributed by atoms with Crippen LogP contribution >= 0.6 is 15.9 Å². The summed E-state index contributed by atoms with van der Waals surface area (Å²) in [5.74, 6) is 0. The fourth-order valence-corrected chi connectivity index (χ4v) is 2.81. The van der Waals surface area contributed by atoms with Gasteiger partial charge >= 0.3 is 0 Å². The first-order valence-corrected chi connectivity index (χ1v) is 7.74. The number of benzene rings is 1. The van der Waals surface area contributed by atoms with Gasteiger partial charge in [-0.1, -0.05) is 46.3 Å². The Hall–Kier alpha value is -0.900. The first-order valence-electron chi connectivity index (χ1n) is 6.83. The lowest BCUT2D eigenvalue weighted by Gasteiger charge is -2.14. The van der Waals surface area contributed by atoms with Crippen LogP contribution < -0.4 is 0 Å². The van der Waals surface area contributed by atoms with Crippen molar-refractivity contribution in [1.82, 2.24) is 0 Å². The van der Waals surface area contributed by atoms with Crippen molar-refractivity contribution in [2.75, 3.05) is 0 Å². The summed E-state index contributed by atoms with van der Waals surface area (Å²) in [5.41, 5.74) is 4.16. The number of fused-ring (bicyclic) bond motifs is 1. The van der Waals surface area contributed by atoms with Crippen LogP contribution in [0.15, 0.2) is 47.1 Å². The average Bonchev–Trinajstić information content (AvgIpc) is 3.02. The lowest BCUT2D eigenvalue weighted by molar-refractivity contribution is -0.140. The second-order valence-corrected chi connectivity index (χ2v) is 5.49. The van der Waals surface area contributed by atoms with Crippen LogP contribution in [0.4, 0.5) is 0 Å². The second kappa shape index (κ2) is 6.70. The maximum Gasteiger partial charge on any atom is 0.161 e. The highest BCUT2D eigenvalue weighted by Gasteiger charge is 2.43. The van der Waals surface area contributed by atoms with E-state index < -0.39 is 0 Å². The molecule has 20 heavy (non-hydrogen) atoms. The third-order valence-electron chi connectivity index (χ3n) is 3.60. The topological polar surface area (TPSA) is 27.7 Å². The molecular weight excluding hydrogens is 320 g/mol. The van der Waals surface area contributed by atoms with E-state index in [1.165, 1.54) is 0 Å². The summed E-state index contributed by atoms with van der Waals surface area (Å²) in [5, 5.41) is 0. The fourth-order valence-electron chi connectivity index (χ4n) is 2.66. The summed E-state index contributed by atoms with van der Waals surface area (Å²) < 4.78 is 17.6. The van der Waals surface area contributed by atoms with E-state index in [-0.39, 0.29) is 24.6 Å². The number of rotatable bonds is 4. The molecule has 0 radical (unpaired) electrons. The molecule has 2 saturated heterocycles. The first kappa shape index (κ1) is 14.1. The zero-order chi connectivity index (χ0) is 13.8. The van der Waals surface area contributed by atoms with Gasteiger partial charge in [0.25, 0.3) is 0 Å². The van der Waals surface area contributed by atoms with Gasteiger partial charge in [-0.25, -0.2) is 0 Å². The van der Waals surface area contributed by atoms with Gasteiger partial charge < -0.3 is 14.2 Å². The van der Waals surface area contributed by atoms with Gasteiger partial charge in [0.05, 0.1) is 24.9 Å². The average molecular weight is 337 g/mol. The first-order chi connectivity index (χ1) is 9.85. The molecule has 1 aromatic rings. The molecule has 2 fully saturated rings. The van der Waals surface area contributed by atoms with E-state index >= 15 is 0 Å². The van der Waals surface area contributed by atoms with Gasteiger partial charge in [-0.15, -0.1) is 5.73 Å². The van der Waals surface area contributed by atoms with Gasteiger partial charge in [-0.05, 0) is 11.6 Å². The molecule has 4 atom stereocenters. The summed E-state index contributed by atoms with van der Waals surface area (Å²) in [7, 11) is 0. The standard InChI is InChI=1S/C16H17BrO3/c17-8-4-7-13-9-14-15(19-13)10-16(20-14)18-11-12-5-2-1-3-6-12/h1-3,5-8,13-16H,9-11H2/t4?,13-,14-,15-,16-/m1/s1. The molecule has 2 aliphatic rings. The van der Waals surface area contributed by atoms with E-state index in [1.54, 1.807) is 4.99 Å². The predicted molar refractivity (Wildman–Crippen MR) is 79.4 cm³/mol. The van der Waals surface area contributed by atoms with Gasteiger partial charge in [0.15, 0.2) is 6.29 Å². The fraction of sp³-hybridized carbons (Fsp3) is 0.438. The number of hydrogen-bond donors (Lipinski definition) is 0. The van der Waals surface area contributed by atoms with Crippen molar-refractivity contribution in [2.45, 2.75) is 44.1 Å². The molecule has 4 heteroatoms. The van der Waals surface area contributed by atoms with Crippen molar-refractivity contribution in [3.05, 3.63) is 52.7 Å². The molecule has 2 aliphatic heterocycles. The Kier molecular flexibility index (Phi) is 4.71. The smallest absolute Gasteiger partial charge is 0.161 e. The normalized spacial score (nSPS) is 31.6. The molecule has 0 N–H and O–H groups in total. The highest BCUT2D eigenvalue weighted by Crippen LogP contribution is 2.35. The highest BCUT2D eigenvalue weighted by atomic mass is 79.9. The Morgan fingerprint density at radius 1 is 1.20 bits per heavy atom. The molecule has 0 spiro atoms. The van der Waals surface area contributed by atoms with Crippen molar-refractivity contribution in [2.24, 2.45) is 0 Å². The highest BCUT2D eigenvalue weighted by molar-refractivity contribution is 9.11. The predicted octanol–water partition coefficient (Wildman–Crippen LogP) is 3.54. The zero-order valence-electron chi connectivity index (χ0n) is 11.1. The zero-order valence-corrected chi connectivity index (χ0v) is 12.7. The van der Waals surface area contributed by atoms with Crippen LogP contribution in [-0.2, 0) is 20.8 Å². The van der Waals surface area contributed by atoms with Crippen LogP contribution in [0.25, 0.3) is 0 Å². The molecular formula is C16H17BrO3. The molecule has 0 bridgehead atoms. The minimum Gasteiger partial charge on any atom is -0.367 e. The summed E-state index contributed by atoms with van der Waals surface area (Å²) in [4.78, 5) is 1.71. The third-order valence-corrected chi connectivity index (χ3v) is 3.87. The Labute approximate surface area is 127 Å². The van der Waals surface area contributed by atoms with E-state index in [9.17, 15) is 0 Å². The van der Waals surface area contributed by atoms with Crippen molar-refractivity contribution in [3.63, 3.8) is 0 Å². The van der Waals surface area contributed by atoms with Crippen LogP contribution in [0.1, 0.15) is 18.4 Å². The van der Waals surface area contributed by atoms with Crippen LogP contribution in [0.2, 0.25) is 0 Å². The molecule has 0 amide bonds. The van der Waals surface area contributed by atoms with Crippen molar-refractivity contribution < 1.29 is 14.2 Å². The summed E-state index contributed by atoms with van der Waals surface area (Å²) in [6.45, 7) is 0.584. The van der Waals surface area contributed by atoms with Crippen LogP contribution in [0.5, 0.6) is 0 Å². The lowest BCUT2D eigenvalue weighted by atomic mass is 10.1. The Balaban J connectivity index is 1.47. The van der Waals surface area contributed by atoms with Crippen LogP contribution in [-0.4, -0.2) is 24.6 Å². The van der Waals surface area contributed by atoms with Gasteiger partial charge in [-0.3, -0.25) is 0 Å². The second-order valence-electron chi connectivity index (χ2n) is 5.03. The van der Waals surface area contributed by atoms with E-state index in [1.807, 2.05) is 24.3 Å². The molecule has 106 valence electrons. The monoisotopic (exact) mass is 336 g/mol. The van der Waals surface area contributed by atoms with E-state index in [4.69, 9.17) is 14.2 Å². The van der Waals surface area contributed by atoms with Gasteiger partial charge in [0.1, 0.15) is 0 Å². The number of halogens is 1. The Morgan fingerprint density at radius 2 is 2.00 bits per heavy atom.